The lowest BCUT2D eigenvalue weighted by atomic mass is 10.1. The summed E-state index contributed by atoms with van der Waals surface area (Å²) in [7, 11) is 0. The van der Waals surface area contributed by atoms with E-state index in [1.54, 1.807) is 0 Å². The van der Waals surface area contributed by atoms with Gasteiger partial charge in [-0.2, -0.15) is 0 Å². The van der Waals surface area contributed by atoms with Crippen LogP contribution in [0, 0.1) is 0 Å². The summed E-state index contributed by atoms with van der Waals surface area (Å²) in [4.78, 5) is 4.56. The van der Waals surface area contributed by atoms with Crippen LogP contribution in [0.2, 0.25) is 0 Å². The molecule has 0 aromatic heterocycles. The van der Waals surface area contributed by atoms with Gasteiger partial charge in [-0.3, -0.25) is 0 Å². The van der Waals surface area contributed by atoms with Crippen molar-refractivity contribution in [3.8, 4) is 5.75 Å². The highest BCUT2D eigenvalue weighted by Gasteiger charge is 2.18. The molecule has 1 aliphatic heterocycles. The lowest BCUT2D eigenvalue weighted by Gasteiger charge is -2.03. The molecule has 0 radical (unpaired) electrons. The smallest absolute Gasteiger partial charge is 0.123 e. The average molecular weight is 193 g/mol. The molecule has 76 valence electrons. The molecule has 0 aliphatic carbocycles. The second-order valence-electron chi connectivity index (χ2n) is 3.70. The molecule has 0 spiro atoms. The van der Waals surface area contributed by atoms with Crippen molar-refractivity contribution in [3.05, 3.63) is 29.3 Å². The van der Waals surface area contributed by atoms with Gasteiger partial charge in [0.1, 0.15) is 11.9 Å². The number of nitrogens with two attached hydrogens (primary N) is 1. The second kappa shape index (κ2) is 3.98. The Kier molecular flexibility index (Phi) is 2.70. The number of benzene rings is 1. The maximum Gasteiger partial charge on any atom is 0.123 e. The Hall–Kier alpha value is -1.06. The molecule has 0 bridgehead atoms. The summed E-state index contributed by atoms with van der Waals surface area (Å²) in [5.41, 5.74) is 2.55. The molecule has 0 saturated heterocycles. The van der Waals surface area contributed by atoms with E-state index in [9.17, 15) is 0 Å². The molecule has 1 heterocycles. The van der Waals surface area contributed by atoms with Gasteiger partial charge in [0.15, 0.2) is 0 Å². The van der Waals surface area contributed by atoms with Crippen LogP contribution < -0.4 is 10.6 Å². The third kappa shape index (κ3) is 1.89. The molecule has 1 atom stereocenters. The van der Waals surface area contributed by atoms with E-state index in [-0.39, 0.29) is 0 Å². The highest BCUT2D eigenvalue weighted by atomic mass is 16.6. The number of ether oxygens (including phenoxy) is 1. The van der Waals surface area contributed by atoms with Gasteiger partial charge in [0, 0.05) is 6.42 Å². The molecule has 1 aromatic rings. The first-order valence-electron chi connectivity index (χ1n) is 4.89. The van der Waals surface area contributed by atoms with Gasteiger partial charge in [0.25, 0.3) is 0 Å². The highest BCUT2D eigenvalue weighted by Crippen LogP contribution is 2.29. The van der Waals surface area contributed by atoms with Crippen molar-refractivity contribution >= 4 is 0 Å². The Bertz CT molecular complexity index is 325. The first-order valence-corrected chi connectivity index (χ1v) is 4.89. The van der Waals surface area contributed by atoms with Crippen molar-refractivity contribution in [1.29, 1.82) is 0 Å². The van der Waals surface area contributed by atoms with Crippen LogP contribution in [0.5, 0.6) is 5.75 Å². The van der Waals surface area contributed by atoms with Crippen molar-refractivity contribution in [1.82, 2.24) is 0 Å². The fourth-order valence-corrected chi connectivity index (χ4v) is 1.81. The lowest BCUT2D eigenvalue weighted by molar-refractivity contribution is 0.141. The first-order chi connectivity index (χ1) is 6.79. The summed E-state index contributed by atoms with van der Waals surface area (Å²) in [6.45, 7) is 2.65. The van der Waals surface area contributed by atoms with E-state index in [1.807, 2.05) is 6.07 Å². The molecule has 2 N–H and O–H groups in total. The normalized spacial score (nSPS) is 19.1. The average Bonchev–Trinajstić information content (AvgIpc) is 2.54. The van der Waals surface area contributed by atoms with Gasteiger partial charge < -0.3 is 9.57 Å². The van der Waals surface area contributed by atoms with E-state index in [4.69, 9.17) is 10.6 Å². The van der Waals surface area contributed by atoms with Gasteiger partial charge in [-0.15, -0.1) is 0 Å². The van der Waals surface area contributed by atoms with E-state index >= 15 is 0 Å². The molecule has 2 rings (SSSR count). The van der Waals surface area contributed by atoms with Crippen LogP contribution in [0.4, 0.5) is 0 Å². The Balaban J connectivity index is 2.12. The lowest BCUT2D eigenvalue weighted by Crippen LogP contribution is -2.05. The van der Waals surface area contributed by atoms with Crippen molar-refractivity contribution < 1.29 is 9.57 Å². The topological polar surface area (TPSA) is 44.5 Å². The quantitative estimate of drug-likeness (QED) is 0.739. The molecule has 1 aromatic carbocycles. The van der Waals surface area contributed by atoms with Crippen molar-refractivity contribution in [3.63, 3.8) is 0 Å². The summed E-state index contributed by atoms with van der Waals surface area (Å²) in [6.07, 6.45) is 2.18. The maximum absolute atomic E-state index is 5.61. The van der Waals surface area contributed by atoms with Crippen LogP contribution in [0.3, 0.4) is 0 Å². The van der Waals surface area contributed by atoms with E-state index in [1.165, 1.54) is 11.1 Å². The molecule has 3 heteroatoms. The summed E-state index contributed by atoms with van der Waals surface area (Å²) >= 11 is 0. The van der Waals surface area contributed by atoms with Gasteiger partial charge in [-0.1, -0.05) is 12.1 Å². The summed E-state index contributed by atoms with van der Waals surface area (Å²) in [5, 5.41) is 0. The van der Waals surface area contributed by atoms with Crippen molar-refractivity contribution in [2.75, 3.05) is 6.61 Å². The zero-order chi connectivity index (χ0) is 9.97. The van der Waals surface area contributed by atoms with Crippen LogP contribution in [-0.2, 0) is 17.7 Å². The fraction of sp³-hybridized carbons (Fsp3) is 0.455. The van der Waals surface area contributed by atoms with Gasteiger partial charge in [0.2, 0.25) is 0 Å². The number of fused-ring (bicyclic) bond motifs is 1. The number of rotatable bonds is 3. The first kappa shape index (κ1) is 9.49. The number of hydrogen-bond donors (Lipinski definition) is 1. The van der Waals surface area contributed by atoms with E-state index < -0.39 is 0 Å². The summed E-state index contributed by atoms with van der Waals surface area (Å²) < 4.78 is 5.61. The summed E-state index contributed by atoms with van der Waals surface area (Å²) in [5.74, 6) is 6.01. The SMILES string of the molecule is CC1Cc2cc(CCON)ccc2O1. The van der Waals surface area contributed by atoms with Gasteiger partial charge in [0.05, 0.1) is 6.61 Å². The van der Waals surface area contributed by atoms with E-state index in [0.717, 1.165) is 18.6 Å². The molecular weight excluding hydrogens is 178 g/mol. The highest BCUT2D eigenvalue weighted by molar-refractivity contribution is 5.40. The van der Waals surface area contributed by atoms with Crippen LogP contribution in [0.15, 0.2) is 18.2 Å². The molecular formula is C11H15NO2. The molecule has 0 amide bonds. The van der Waals surface area contributed by atoms with Crippen molar-refractivity contribution in [2.45, 2.75) is 25.9 Å². The van der Waals surface area contributed by atoms with Crippen LogP contribution in [0.1, 0.15) is 18.1 Å². The second-order valence-corrected chi connectivity index (χ2v) is 3.70. The van der Waals surface area contributed by atoms with E-state index in [2.05, 4.69) is 23.9 Å². The largest absolute Gasteiger partial charge is 0.490 e. The Morgan fingerprint density at radius 3 is 3.21 bits per heavy atom. The monoisotopic (exact) mass is 193 g/mol. The Morgan fingerprint density at radius 2 is 2.43 bits per heavy atom. The molecule has 0 saturated carbocycles. The van der Waals surface area contributed by atoms with Crippen LogP contribution in [-0.4, -0.2) is 12.7 Å². The molecule has 3 nitrogen and oxygen atoms in total. The minimum Gasteiger partial charge on any atom is -0.490 e. The maximum atomic E-state index is 5.61. The van der Waals surface area contributed by atoms with Crippen molar-refractivity contribution in [2.24, 2.45) is 5.90 Å². The Morgan fingerprint density at radius 1 is 1.57 bits per heavy atom. The minimum absolute atomic E-state index is 0.311. The van der Waals surface area contributed by atoms with Gasteiger partial charge in [-0.05, 0) is 30.5 Å². The third-order valence-corrected chi connectivity index (χ3v) is 2.47. The van der Waals surface area contributed by atoms with Crippen LogP contribution >= 0.6 is 0 Å². The molecule has 1 unspecified atom stereocenters. The number of hydrogen-bond acceptors (Lipinski definition) is 3. The zero-order valence-corrected chi connectivity index (χ0v) is 8.32. The summed E-state index contributed by atoms with van der Waals surface area (Å²) in [6, 6.07) is 6.28. The molecule has 0 fully saturated rings. The molecule has 1 aliphatic rings. The fourth-order valence-electron chi connectivity index (χ4n) is 1.81. The van der Waals surface area contributed by atoms with E-state index in [0.29, 0.717) is 12.7 Å². The predicted octanol–water partition coefficient (Wildman–Crippen LogP) is 1.44. The Labute approximate surface area is 83.8 Å². The minimum atomic E-state index is 0.311. The van der Waals surface area contributed by atoms with Crippen LogP contribution in [0.25, 0.3) is 0 Å². The third-order valence-electron chi connectivity index (χ3n) is 2.47. The van der Waals surface area contributed by atoms with Gasteiger partial charge >= 0.3 is 0 Å². The standard InChI is InChI=1S/C11H15NO2/c1-8-6-10-7-9(4-5-13-12)2-3-11(10)14-8/h2-3,7-8H,4-6,12H2,1H3. The predicted molar refractivity (Wildman–Crippen MR) is 54.1 cm³/mol. The molecule has 14 heavy (non-hydrogen) atoms. The van der Waals surface area contributed by atoms with Gasteiger partial charge in [-0.25, -0.2) is 5.90 Å². The zero-order valence-electron chi connectivity index (χ0n) is 8.32.